The van der Waals surface area contributed by atoms with E-state index in [9.17, 15) is 0 Å². The van der Waals surface area contributed by atoms with Crippen LogP contribution in [0.2, 0.25) is 0 Å². The number of nitrogens with two attached hydrogens (primary N) is 1. The predicted molar refractivity (Wildman–Crippen MR) is 77.9 cm³/mol. The molecule has 0 bridgehead atoms. The highest BCUT2D eigenvalue weighted by molar-refractivity contribution is 5.62. The Morgan fingerprint density at radius 1 is 1.17 bits per heavy atom. The van der Waals surface area contributed by atoms with E-state index in [1.807, 2.05) is 51.2 Å². The zero-order chi connectivity index (χ0) is 13.4. The van der Waals surface area contributed by atoms with Crippen molar-refractivity contribution < 1.29 is 0 Å². The number of benzene rings is 1. The van der Waals surface area contributed by atoms with E-state index in [1.165, 1.54) is 0 Å². The summed E-state index contributed by atoms with van der Waals surface area (Å²) >= 11 is 0. The summed E-state index contributed by atoms with van der Waals surface area (Å²) in [6.45, 7) is 6.55. The number of hydrogen-bond acceptors (Lipinski definition) is 3. The molecule has 0 atom stereocenters. The first kappa shape index (κ1) is 14.2. The molecule has 0 aliphatic heterocycles. The van der Waals surface area contributed by atoms with Gasteiger partial charge in [-0.2, -0.15) is 0 Å². The number of nitrogens with zero attached hydrogens (tertiary/aromatic N) is 1. The monoisotopic (exact) mass is 243 g/mol. The fraction of sp³-hybridized carbons (Fsp3) is 0.267. The van der Waals surface area contributed by atoms with Crippen LogP contribution < -0.4 is 11.1 Å². The maximum Gasteiger partial charge on any atom is 0.0573 e. The lowest BCUT2D eigenvalue weighted by molar-refractivity contribution is 1.07. The van der Waals surface area contributed by atoms with Crippen LogP contribution in [0.15, 0.2) is 42.7 Å². The topological polar surface area (TPSA) is 50.9 Å². The number of aryl methyl sites for hydroxylation is 1. The van der Waals surface area contributed by atoms with Crippen LogP contribution in [0, 0.1) is 6.92 Å². The predicted octanol–water partition coefficient (Wildman–Crippen LogP) is 3.62. The van der Waals surface area contributed by atoms with Gasteiger partial charge in [0.25, 0.3) is 0 Å². The SMILES string of the molecule is CC.Cc1cncc(Nc2ccccc2CN)c1. The highest BCUT2D eigenvalue weighted by Crippen LogP contribution is 2.20. The van der Waals surface area contributed by atoms with Crippen LogP contribution in [0.5, 0.6) is 0 Å². The summed E-state index contributed by atoms with van der Waals surface area (Å²) in [6, 6.07) is 10.1. The van der Waals surface area contributed by atoms with Crippen molar-refractivity contribution >= 4 is 11.4 Å². The van der Waals surface area contributed by atoms with Crippen molar-refractivity contribution in [3.8, 4) is 0 Å². The zero-order valence-corrected chi connectivity index (χ0v) is 11.3. The van der Waals surface area contributed by atoms with Gasteiger partial charge in [-0.25, -0.2) is 0 Å². The second-order valence-corrected chi connectivity index (χ2v) is 3.74. The van der Waals surface area contributed by atoms with E-state index >= 15 is 0 Å². The lowest BCUT2D eigenvalue weighted by atomic mass is 10.1. The molecule has 1 heterocycles. The quantitative estimate of drug-likeness (QED) is 0.865. The Hall–Kier alpha value is -1.87. The van der Waals surface area contributed by atoms with Crippen molar-refractivity contribution in [3.63, 3.8) is 0 Å². The highest BCUT2D eigenvalue weighted by atomic mass is 14.9. The van der Waals surface area contributed by atoms with Crippen LogP contribution in [-0.2, 0) is 6.54 Å². The molecule has 3 heteroatoms. The standard InChI is InChI=1S/C13H15N3.C2H6/c1-10-6-12(9-15-8-10)16-13-5-3-2-4-11(13)7-14;1-2/h2-6,8-9,16H,7,14H2,1H3;1-2H3. The van der Waals surface area contributed by atoms with Gasteiger partial charge in [-0.3, -0.25) is 4.98 Å². The summed E-state index contributed by atoms with van der Waals surface area (Å²) < 4.78 is 0. The average Bonchev–Trinajstić information content (AvgIpc) is 2.42. The molecule has 3 N–H and O–H groups in total. The lowest BCUT2D eigenvalue weighted by Crippen LogP contribution is -2.01. The summed E-state index contributed by atoms with van der Waals surface area (Å²) in [4.78, 5) is 4.14. The molecule has 0 radical (unpaired) electrons. The van der Waals surface area contributed by atoms with Crippen LogP contribution in [0.1, 0.15) is 25.0 Å². The van der Waals surface area contributed by atoms with Crippen molar-refractivity contribution in [2.45, 2.75) is 27.3 Å². The van der Waals surface area contributed by atoms with Gasteiger partial charge in [0, 0.05) is 18.4 Å². The fourth-order valence-corrected chi connectivity index (χ4v) is 1.60. The Kier molecular flexibility index (Phi) is 5.88. The van der Waals surface area contributed by atoms with Gasteiger partial charge >= 0.3 is 0 Å². The second-order valence-electron chi connectivity index (χ2n) is 3.74. The molecule has 96 valence electrons. The molecular weight excluding hydrogens is 222 g/mol. The van der Waals surface area contributed by atoms with Gasteiger partial charge in [-0.15, -0.1) is 0 Å². The summed E-state index contributed by atoms with van der Waals surface area (Å²) in [7, 11) is 0. The molecule has 0 unspecified atom stereocenters. The molecule has 3 nitrogen and oxygen atoms in total. The Bertz CT molecular complexity index is 481. The van der Waals surface area contributed by atoms with E-state index < -0.39 is 0 Å². The maximum absolute atomic E-state index is 5.68. The Morgan fingerprint density at radius 3 is 2.56 bits per heavy atom. The lowest BCUT2D eigenvalue weighted by Gasteiger charge is -2.10. The number of para-hydroxylation sites is 1. The van der Waals surface area contributed by atoms with E-state index in [-0.39, 0.29) is 0 Å². The van der Waals surface area contributed by atoms with Gasteiger partial charge in [0.05, 0.1) is 11.9 Å². The molecule has 0 aliphatic carbocycles. The normalized spacial score (nSPS) is 9.33. The number of anilines is 2. The van der Waals surface area contributed by atoms with Crippen LogP contribution in [0.3, 0.4) is 0 Å². The van der Waals surface area contributed by atoms with Gasteiger partial charge in [0.15, 0.2) is 0 Å². The van der Waals surface area contributed by atoms with Crippen LogP contribution in [0.25, 0.3) is 0 Å². The van der Waals surface area contributed by atoms with Crippen LogP contribution in [-0.4, -0.2) is 4.98 Å². The molecule has 2 rings (SSSR count). The number of pyridine rings is 1. The molecule has 0 aliphatic rings. The second kappa shape index (κ2) is 7.45. The third-order valence-corrected chi connectivity index (χ3v) is 2.39. The Morgan fingerprint density at radius 2 is 1.89 bits per heavy atom. The summed E-state index contributed by atoms with van der Waals surface area (Å²) in [5, 5.41) is 3.32. The van der Waals surface area contributed by atoms with Gasteiger partial charge in [-0.05, 0) is 30.2 Å². The molecule has 1 aromatic heterocycles. The smallest absolute Gasteiger partial charge is 0.0573 e. The molecule has 18 heavy (non-hydrogen) atoms. The van der Waals surface area contributed by atoms with Gasteiger partial charge < -0.3 is 11.1 Å². The molecule has 0 amide bonds. The van der Waals surface area contributed by atoms with Gasteiger partial charge in [0.1, 0.15) is 0 Å². The zero-order valence-electron chi connectivity index (χ0n) is 11.3. The molecule has 0 saturated carbocycles. The first-order chi connectivity index (χ1) is 8.79. The number of rotatable bonds is 3. The van der Waals surface area contributed by atoms with E-state index in [0.717, 1.165) is 22.5 Å². The minimum atomic E-state index is 0.530. The minimum absolute atomic E-state index is 0.530. The largest absolute Gasteiger partial charge is 0.354 e. The van der Waals surface area contributed by atoms with E-state index in [4.69, 9.17) is 5.73 Å². The Labute approximate surface area is 109 Å². The molecule has 2 aromatic rings. The number of aromatic nitrogens is 1. The van der Waals surface area contributed by atoms with Crippen molar-refractivity contribution in [1.29, 1.82) is 0 Å². The number of hydrogen-bond donors (Lipinski definition) is 2. The van der Waals surface area contributed by atoms with Crippen LogP contribution in [0.4, 0.5) is 11.4 Å². The summed E-state index contributed by atoms with van der Waals surface area (Å²) in [6.07, 6.45) is 3.64. The van der Waals surface area contributed by atoms with Crippen molar-refractivity contribution in [2.75, 3.05) is 5.32 Å². The average molecular weight is 243 g/mol. The minimum Gasteiger partial charge on any atom is -0.354 e. The van der Waals surface area contributed by atoms with E-state index in [0.29, 0.717) is 6.54 Å². The van der Waals surface area contributed by atoms with Crippen molar-refractivity contribution in [3.05, 3.63) is 53.9 Å². The number of nitrogens with one attached hydrogen (secondary N) is 1. The van der Waals surface area contributed by atoms with Crippen molar-refractivity contribution in [1.82, 2.24) is 4.98 Å². The van der Waals surface area contributed by atoms with E-state index in [1.54, 1.807) is 6.20 Å². The first-order valence-electron chi connectivity index (χ1n) is 6.26. The Balaban J connectivity index is 0.000000771. The molecular formula is C15H21N3. The molecule has 0 fully saturated rings. The van der Waals surface area contributed by atoms with Gasteiger partial charge in [-0.1, -0.05) is 32.0 Å². The van der Waals surface area contributed by atoms with Crippen molar-refractivity contribution in [2.24, 2.45) is 5.73 Å². The highest BCUT2D eigenvalue weighted by Gasteiger charge is 2.00. The summed E-state index contributed by atoms with van der Waals surface area (Å²) in [5.74, 6) is 0. The molecule has 0 spiro atoms. The van der Waals surface area contributed by atoms with Gasteiger partial charge in [0.2, 0.25) is 0 Å². The maximum atomic E-state index is 5.68. The summed E-state index contributed by atoms with van der Waals surface area (Å²) in [5.41, 5.74) is 9.94. The molecule has 1 aromatic carbocycles. The van der Waals surface area contributed by atoms with Crippen LogP contribution >= 0.6 is 0 Å². The van der Waals surface area contributed by atoms with E-state index in [2.05, 4.69) is 16.4 Å². The third kappa shape index (κ3) is 3.86. The molecule has 0 saturated heterocycles. The fourth-order valence-electron chi connectivity index (χ4n) is 1.60. The first-order valence-corrected chi connectivity index (χ1v) is 6.26. The third-order valence-electron chi connectivity index (χ3n) is 2.39.